The van der Waals surface area contributed by atoms with E-state index in [9.17, 15) is 4.79 Å². The summed E-state index contributed by atoms with van der Waals surface area (Å²) in [6.45, 7) is 0. The molecule has 1 aromatic heterocycles. The van der Waals surface area contributed by atoms with Gasteiger partial charge in [0.2, 0.25) is 0 Å². The van der Waals surface area contributed by atoms with Crippen molar-refractivity contribution in [1.82, 2.24) is 0 Å². The van der Waals surface area contributed by atoms with Crippen molar-refractivity contribution < 1.29 is 9.53 Å². The maximum absolute atomic E-state index is 11.8. The molecule has 1 amide bonds. The fraction of sp³-hybridized carbons (Fsp3) is 0.0833. The van der Waals surface area contributed by atoms with Crippen LogP contribution in [0.2, 0.25) is 4.34 Å². The Morgan fingerprint density at radius 1 is 1.35 bits per heavy atom. The molecule has 0 saturated heterocycles. The minimum absolute atomic E-state index is 0.171. The second kappa shape index (κ2) is 5.21. The van der Waals surface area contributed by atoms with E-state index in [1.807, 2.05) is 12.1 Å². The van der Waals surface area contributed by atoms with Gasteiger partial charge in [0, 0.05) is 11.8 Å². The largest absolute Gasteiger partial charge is 0.497 e. The minimum atomic E-state index is -0.171. The van der Waals surface area contributed by atoms with E-state index in [1.54, 1.807) is 31.4 Å². The molecule has 0 aliphatic carbocycles. The standard InChI is InChI=1S/C12H10ClNO2S/c1-16-9-4-2-3-8(7-9)14-12(15)10-5-6-11(13)17-10/h2-7H,1H3,(H,14,15). The molecule has 1 aromatic carbocycles. The normalized spacial score (nSPS) is 10.0. The highest BCUT2D eigenvalue weighted by Gasteiger charge is 2.09. The second-order valence-electron chi connectivity index (χ2n) is 3.29. The molecule has 0 bridgehead atoms. The molecule has 2 rings (SSSR count). The molecule has 2 aromatic rings. The lowest BCUT2D eigenvalue weighted by atomic mass is 10.3. The summed E-state index contributed by atoms with van der Waals surface area (Å²) in [6, 6.07) is 10.6. The maximum Gasteiger partial charge on any atom is 0.265 e. The SMILES string of the molecule is COc1cccc(NC(=O)c2ccc(Cl)s2)c1. The molecule has 0 atom stereocenters. The van der Waals surface area contributed by atoms with Crippen molar-refractivity contribution in [3.63, 3.8) is 0 Å². The van der Waals surface area contributed by atoms with Crippen LogP contribution in [0.1, 0.15) is 9.67 Å². The Balaban J connectivity index is 2.12. The number of rotatable bonds is 3. The predicted octanol–water partition coefficient (Wildman–Crippen LogP) is 3.66. The Kier molecular flexibility index (Phi) is 3.66. The lowest BCUT2D eigenvalue weighted by molar-refractivity contribution is 0.103. The van der Waals surface area contributed by atoms with E-state index >= 15 is 0 Å². The van der Waals surface area contributed by atoms with E-state index in [2.05, 4.69) is 5.32 Å². The lowest BCUT2D eigenvalue weighted by Gasteiger charge is -2.05. The number of amides is 1. The van der Waals surface area contributed by atoms with Crippen LogP contribution in [0.4, 0.5) is 5.69 Å². The molecule has 3 nitrogen and oxygen atoms in total. The van der Waals surface area contributed by atoms with Gasteiger partial charge in [-0.1, -0.05) is 17.7 Å². The van der Waals surface area contributed by atoms with Gasteiger partial charge < -0.3 is 10.1 Å². The summed E-state index contributed by atoms with van der Waals surface area (Å²) in [5.74, 6) is 0.530. The van der Waals surface area contributed by atoms with Gasteiger partial charge >= 0.3 is 0 Å². The average molecular weight is 268 g/mol. The second-order valence-corrected chi connectivity index (χ2v) is 5.00. The summed E-state index contributed by atoms with van der Waals surface area (Å²) in [6.07, 6.45) is 0. The summed E-state index contributed by atoms with van der Waals surface area (Å²) >= 11 is 7.02. The monoisotopic (exact) mass is 267 g/mol. The number of anilines is 1. The van der Waals surface area contributed by atoms with Crippen molar-refractivity contribution in [2.24, 2.45) is 0 Å². The highest BCUT2D eigenvalue weighted by Crippen LogP contribution is 2.23. The number of ether oxygens (including phenoxy) is 1. The van der Waals surface area contributed by atoms with Crippen LogP contribution in [0.15, 0.2) is 36.4 Å². The van der Waals surface area contributed by atoms with Gasteiger partial charge in [-0.05, 0) is 24.3 Å². The summed E-state index contributed by atoms with van der Waals surface area (Å²) < 4.78 is 5.67. The average Bonchev–Trinajstić information content (AvgIpc) is 2.76. The number of thiophene rings is 1. The van der Waals surface area contributed by atoms with Crippen LogP contribution in [0.5, 0.6) is 5.75 Å². The number of benzene rings is 1. The summed E-state index contributed by atoms with van der Waals surface area (Å²) in [4.78, 5) is 12.4. The van der Waals surface area contributed by atoms with Crippen LogP contribution in [0.25, 0.3) is 0 Å². The van der Waals surface area contributed by atoms with Gasteiger partial charge in [-0.2, -0.15) is 0 Å². The van der Waals surface area contributed by atoms with Gasteiger partial charge in [0.1, 0.15) is 5.75 Å². The number of carbonyl (C=O) groups is 1. The Bertz CT molecular complexity index is 539. The van der Waals surface area contributed by atoms with E-state index < -0.39 is 0 Å². The first-order chi connectivity index (χ1) is 8.19. The van der Waals surface area contributed by atoms with Crippen LogP contribution >= 0.6 is 22.9 Å². The molecule has 0 radical (unpaired) electrons. The Labute approximate surface area is 108 Å². The highest BCUT2D eigenvalue weighted by molar-refractivity contribution is 7.18. The third-order valence-corrected chi connectivity index (χ3v) is 3.35. The summed E-state index contributed by atoms with van der Waals surface area (Å²) in [5, 5.41) is 2.78. The van der Waals surface area contributed by atoms with Gasteiger partial charge in [-0.25, -0.2) is 0 Å². The van der Waals surface area contributed by atoms with Crippen LogP contribution < -0.4 is 10.1 Å². The van der Waals surface area contributed by atoms with Crippen molar-refractivity contribution in [3.05, 3.63) is 45.6 Å². The zero-order chi connectivity index (χ0) is 12.3. The van der Waals surface area contributed by atoms with Crippen LogP contribution in [-0.4, -0.2) is 13.0 Å². The molecule has 5 heteroatoms. The fourth-order valence-electron chi connectivity index (χ4n) is 1.33. The molecule has 0 aliphatic heterocycles. The van der Waals surface area contributed by atoms with Crippen molar-refractivity contribution in [2.45, 2.75) is 0 Å². The minimum Gasteiger partial charge on any atom is -0.497 e. The first kappa shape index (κ1) is 12.0. The van der Waals surface area contributed by atoms with Gasteiger partial charge in [-0.3, -0.25) is 4.79 Å². The molecule has 0 aliphatic rings. The smallest absolute Gasteiger partial charge is 0.265 e. The quantitative estimate of drug-likeness (QED) is 0.922. The van der Waals surface area contributed by atoms with E-state index in [1.165, 1.54) is 11.3 Å². The number of hydrogen-bond acceptors (Lipinski definition) is 3. The Morgan fingerprint density at radius 2 is 2.18 bits per heavy atom. The van der Waals surface area contributed by atoms with Crippen LogP contribution in [-0.2, 0) is 0 Å². The summed E-state index contributed by atoms with van der Waals surface area (Å²) in [7, 11) is 1.58. The molecular weight excluding hydrogens is 258 g/mol. The zero-order valence-corrected chi connectivity index (χ0v) is 10.6. The first-order valence-electron chi connectivity index (χ1n) is 4.90. The Hall–Kier alpha value is -1.52. The molecule has 17 heavy (non-hydrogen) atoms. The van der Waals surface area contributed by atoms with E-state index in [0.29, 0.717) is 20.7 Å². The Morgan fingerprint density at radius 3 is 2.82 bits per heavy atom. The third-order valence-electron chi connectivity index (χ3n) is 2.12. The fourth-order valence-corrected chi connectivity index (χ4v) is 2.27. The summed E-state index contributed by atoms with van der Waals surface area (Å²) in [5.41, 5.74) is 0.693. The van der Waals surface area contributed by atoms with Crippen molar-refractivity contribution in [1.29, 1.82) is 0 Å². The van der Waals surface area contributed by atoms with Crippen molar-refractivity contribution in [3.8, 4) is 5.75 Å². The van der Waals surface area contributed by atoms with Crippen molar-refractivity contribution >= 4 is 34.5 Å². The van der Waals surface area contributed by atoms with Gasteiger partial charge in [0.15, 0.2) is 0 Å². The zero-order valence-electron chi connectivity index (χ0n) is 9.07. The third kappa shape index (κ3) is 2.99. The number of hydrogen-bond donors (Lipinski definition) is 1. The van der Waals surface area contributed by atoms with Crippen molar-refractivity contribution in [2.75, 3.05) is 12.4 Å². The topological polar surface area (TPSA) is 38.3 Å². The van der Waals surface area contributed by atoms with E-state index in [0.717, 1.165) is 0 Å². The van der Waals surface area contributed by atoms with E-state index in [-0.39, 0.29) is 5.91 Å². The molecular formula is C12H10ClNO2S. The molecule has 1 heterocycles. The van der Waals surface area contributed by atoms with Gasteiger partial charge in [0.05, 0.1) is 16.3 Å². The number of methoxy groups -OCH3 is 1. The first-order valence-corrected chi connectivity index (χ1v) is 6.09. The van der Waals surface area contributed by atoms with Crippen LogP contribution in [0, 0.1) is 0 Å². The molecule has 0 fully saturated rings. The van der Waals surface area contributed by atoms with Gasteiger partial charge in [0.25, 0.3) is 5.91 Å². The molecule has 1 N–H and O–H groups in total. The molecule has 0 saturated carbocycles. The van der Waals surface area contributed by atoms with Gasteiger partial charge in [-0.15, -0.1) is 11.3 Å². The lowest BCUT2D eigenvalue weighted by Crippen LogP contribution is -2.09. The molecule has 0 unspecified atom stereocenters. The number of carbonyl (C=O) groups excluding carboxylic acids is 1. The molecule has 0 spiro atoms. The number of halogens is 1. The van der Waals surface area contributed by atoms with E-state index in [4.69, 9.17) is 16.3 Å². The van der Waals surface area contributed by atoms with Crippen LogP contribution in [0.3, 0.4) is 0 Å². The number of nitrogens with one attached hydrogen (secondary N) is 1. The highest BCUT2D eigenvalue weighted by atomic mass is 35.5. The maximum atomic E-state index is 11.8. The molecule has 88 valence electrons. The predicted molar refractivity (Wildman–Crippen MR) is 70.3 cm³/mol.